The van der Waals surface area contributed by atoms with Gasteiger partial charge in [0.1, 0.15) is 0 Å². The standard InChI is InChI=1S/C20H25BrF3N3O/c21-15-4-5-16(25-12-15)17(20(22,23)24)27-9-1-6-19(18(27)28)7-10-26(11-8-19)13-14-2-3-14/h4-5,12,14,17H,1-3,6-11,13H2. The fourth-order valence-electron chi connectivity index (χ4n) is 4.69. The Morgan fingerprint density at radius 2 is 1.89 bits per heavy atom. The largest absolute Gasteiger partial charge is 0.414 e. The molecule has 0 radical (unpaired) electrons. The minimum atomic E-state index is -4.55. The summed E-state index contributed by atoms with van der Waals surface area (Å²) >= 11 is 3.21. The second-order valence-electron chi connectivity index (χ2n) is 8.47. The molecule has 154 valence electrons. The van der Waals surface area contributed by atoms with Gasteiger partial charge in [0.25, 0.3) is 0 Å². The van der Waals surface area contributed by atoms with E-state index in [1.54, 1.807) is 6.07 Å². The molecule has 1 atom stereocenters. The van der Waals surface area contributed by atoms with E-state index in [-0.39, 0.29) is 18.1 Å². The van der Waals surface area contributed by atoms with Crippen molar-refractivity contribution in [1.29, 1.82) is 0 Å². The van der Waals surface area contributed by atoms with Crippen molar-refractivity contribution in [2.24, 2.45) is 11.3 Å². The summed E-state index contributed by atoms with van der Waals surface area (Å²) in [7, 11) is 0. The van der Waals surface area contributed by atoms with Crippen molar-refractivity contribution in [1.82, 2.24) is 14.8 Å². The highest BCUT2D eigenvalue weighted by Crippen LogP contribution is 2.47. The molecule has 28 heavy (non-hydrogen) atoms. The van der Waals surface area contributed by atoms with Crippen LogP contribution in [0, 0.1) is 11.3 Å². The summed E-state index contributed by atoms with van der Waals surface area (Å²) in [5, 5.41) is 0. The quantitative estimate of drug-likeness (QED) is 0.661. The Morgan fingerprint density at radius 1 is 1.18 bits per heavy atom. The van der Waals surface area contributed by atoms with E-state index in [1.165, 1.54) is 25.1 Å². The summed E-state index contributed by atoms with van der Waals surface area (Å²) in [6, 6.07) is 0.922. The maximum Gasteiger partial charge on any atom is 0.414 e. The number of nitrogens with zero attached hydrogens (tertiary/aromatic N) is 3. The molecule has 1 aliphatic carbocycles. The number of piperidine rings is 2. The number of likely N-dealkylation sites (tertiary alicyclic amines) is 2. The number of hydrogen-bond acceptors (Lipinski definition) is 3. The van der Waals surface area contributed by atoms with Crippen molar-refractivity contribution in [2.75, 3.05) is 26.2 Å². The molecule has 1 aromatic rings. The van der Waals surface area contributed by atoms with Gasteiger partial charge in [0.15, 0.2) is 6.04 Å². The van der Waals surface area contributed by atoms with Crippen LogP contribution in [-0.4, -0.2) is 53.0 Å². The number of aromatic nitrogens is 1. The SMILES string of the molecule is O=C1N(C(c2ccc(Br)cn2)C(F)(F)F)CCCC12CCN(CC1CC1)CC2. The first kappa shape index (κ1) is 20.1. The van der Waals surface area contributed by atoms with Crippen LogP contribution in [-0.2, 0) is 4.79 Å². The molecule has 1 amide bonds. The van der Waals surface area contributed by atoms with Crippen molar-refractivity contribution in [3.05, 3.63) is 28.5 Å². The van der Waals surface area contributed by atoms with Gasteiger partial charge in [-0.25, -0.2) is 0 Å². The lowest BCUT2D eigenvalue weighted by Gasteiger charge is -2.48. The van der Waals surface area contributed by atoms with Crippen LogP contribution in [0.4, 0.5) is 13.2 Å². The highest BCUT2D eigenvalue weighted by Gasteiger charge is 2.54. The molecule has 1 unspecified atom stereocenters. The Morgan fingerprint density at radius 3 is 2.46 bits per heavy atom. The third-order valence-corrected chi connectivity index (χ3v) is 6.92. The Balaban J connectivity index is 1.54. The summed E-state index contributed by atoms with van der Waals surface area (Å²) in [6.45, 7) is 2.82. The van der Waals surface area contributed by atoms with Gasteiger partial charge >= 0.3 is 6.18 Å². The van der Waals surface area contributed by atoms with E-state index in [2.05, 4.69) is 25.8 Å². The summed E-state index contributed by atoms with van der Waals surface area (Å²) in [5.41, 5.74) is -0.760. The minimum Gasteiger partial charge on any atom is -0.325 e. The van der Waals surface area contributed by atoms with Crippen LogP contribution in [0.25, 0.3) is 0 Å². The fraction of sp³-hybridized carbons (Fsp3) is 0.700. The molecule has 0 N–H and O–H groups in total. The van der Waals surface area contributed by atoms with Crippen LogP contribution < -0.4 is 0 Å². The average Bonchev–Trinajstić information content (AvgIpc) is 3.46. The first-order valence-electron chi connectivity index (χ1n) is 10.0. The molecule has 3 aliphatic rings. The zero-order valence-electron chi connectivity index (χ0n) is 15.7. The minimum absolute atomic E-state index is 0.118. The number of hydrogen-bond donors (Lipinski definition) is 0. The van der Waals surface area contributed by atoms with E-state index in [9.17, 15) is 18.0 Å². The topological polar surface area (TPSA) is 36.4 Å². The fourth-order valence-corrected chi connectivity index (χ4v) is 4.93. The molecule has 2 saturated heterocycles. The van der Waals surface area contributed by atoms with E-state index < -0.39 is 17.6 Å². The molecule has 3 heterocycles. The maximum absolute atomic E-state index is 14.0. The van der Waals surface area contributed by atoms with Crippen LogP contribution >= 0.6 is 15.9 Å². The van der Waals surface area contributed by atoms with Gasteiger partial charge in [-0.2, -0.15) is 13.2 Å². The zero-order chi connectivity index (χ0) is 19.9. The number of rotatable bonds is 4. The smallest absolute Gasteiger partial charge is 0.325 e. The first-order chi connectivity index (χ1) is 13.3. The molecule has 4 nitrogen and oxygen atoms in total. The summed E-state index contributed by atoms with van der Waals surface area (Å²) < 4.78 is 42.5. The van der Waals surface area contributed by atoms with Crippen LogP contribution in [0.1, 0.15) is 50.3 Å². The van der Waals surface area contributed by atoms with Gasteiger partial charge in [0.05, 0.1) is 11.1 Å². The Hall–Kier alpha value is -1.15. The predicted molar refractivity (Wildman–Crippen MR) is 103 cm³/mol. The normalized spacial score (nSPS) is 24.6. The molecule has 2 aliphatic heterocycles. The Labute approximate surface area is 171 Å². The van der Waals surface area contributed by atoms with Gasteiger partial charge in [0, 0.05) is 23.8 Å². The molecule has 3 fully saturated rings. The van der Waals surface area contributed by atoms with E-state index in [4.69, 9.17) is 0 Å². The second kappa shape index (κ2) is 7.59. The Kier molecular flexibility index (Phi) is 5.46. The van der Waals surface area contributed by atoms with E-state index in [0.717, 1.165) is 30.5 Å². The van der Waals surface area contributed by atoms with Crippen molar-refractivity contribution >= 4 is 21.8 Å². The van der Waals surface area contributed by atoms with Crippen LogP contribution in [0.5, 0.6) is 0 Å². The number of alkyl halides is 3. The molecule has 0 bridgehead atoms. The van der Waals surface area contributed by atoms with Crippen LogP contribution in [0.2, 0.25) is 0 Å². The monoisotopic (exact) mass is 459 g/mol. The lowest BCUT2D eigenvalue weighted by molar-refractivity contribution is -0.202. The highest BCUT2D eigenvalue weighted by molar-refractivity contribution is 9.10. The summed E-state index contributed by atoms with van der Waals surface area (Å²) in [4.78, 5) is 20.7. The zero-order valence-corrected chi connectivity index (χ0v) is 17.3. The van der Waals surface area contributed by atoms with Gasteiger partial charge in [-0.15, -0.1) is 0 Å². The molecule has 8 heteroatoms. The second-order valence-corrected chi connectivity index (χ2v) is 9.39. The third kappa shape index (κ3) is 4.08. The molecule has 1 saturated carbocycles. The molecule has 0 aromatic carbocycles. The predicted octanol–water partition coefficient (Wildman–Crippen LogP) is 4.56. The number of halogens is 4. The van der Waals surface area contributed by atoms with Gasteiger partial charge in [-0.1, -0.05) is 0 Å². The van der Waals surface area contributed by atoms with Gasteiger partial charge in [-0.05, 0) is 85.6 Å². The highest BCUT2D eigenvalue weighted by atomic mass is 79.9. The lowest BCUT2D eigenvalue weighted by Crippen LogP contribution is -2.56. The molecule has 1 aromatic heterocycles. The van der Waals surface area contributed by atoms with Crippen LogP contribution in [0.3, 0.4) is 0 Å². The van der Waals surface area contributed by atoms with E-state index in [1.807, 2.05) is 0 Å². The van der Waals surface area contributed by atoms with Crippen molar-refractivity contribution in [2.45, 2.75) is 50.7 Å². The molecular formula is C20H25BrF3N3O. The average molecular weight is 460 g/mol. The third-order valence-electron chi connectivity index (χ3n) is 6.45. The Bertz CT molecular complexity index is 712. The number of pyridine rings is 1. The lowest BCUT2D eigenvalue weighted by atomic mass is 9.71. The van der Waals surface area contributed by atoms with Crippen molar-refractivity contribution in [3.63, 3.8) is 0 Å². The van der Waals surface area contributed by atoms with E-state index >= 15 is 0 Å². The summed E-state index contributed by atoms with van der Waals surface area (Å²) in [6.07, 6.45) is 1.98. The van der Waals surface area contributed by atoms with Gasteiger partial charge in [0.2, 0.25) is 5.91 Å². The number of carbonyl (C=O) groups excluding carboxylic acids is 1. The van der Waals surface area contributed by atoms with E-state index in [0.29, 0.717) is 30.2 Å². The van der Waals surface area contributed by atoms with Crippen LogP contribution in [0.15, 0.2) is 22.8 Å². The first-order valence-corrected chi connectivity index (χ1v) is 10.8. The van der Waals surface area contributed by atoms with Gasteiger partial charge < -0.3 is 9.80 Å². The van der Waals surface area contributed by atoms with Gasteiger partial charge in [-0.3, -0.25) is 9.78 Å². The maximum atomic E-state index is 14.0. The number of carbonyl (C=O) groups is 1. The molecule has 1 spiro atoms. The van der Waals surface area contributed by atoms with Crippen molar-refractivity contribution in [3.8, 4) is 0 Å². The molecular weight excluding hydrogens is 435 g/mol. The van der Waals surface area contributed by atoms with Crippen molar-refractivity contribution < 1.29 is 18.0 Å². The summed E-state index contributed by atoms with van der Waals surface area (Å²) in [5.74, 6) is 0.447. The molecule has 4 rings (SSSR count). The number of amides is 1.